The van der Waals surface area contributed by atoms with E-state index in [0.717, 1.165) is 36.8 Å². The summed E-state index contributed by atoms with van der Waals surface area (Å²) in [5.74, 6) is 0.364. The van der Waals surface area contributed by atoms with Crippen molar-refractivity contribution in [1.29, 1.82) is 0 Å². The Morgan fingerprint density at radius 1 is 1.16 bits per heavy atom. The van der Waals surface area contributed by atoms with Crippen LogP contribution in [0.1, 0.15) is 44.6 Å². The number of benzene rings is 2. The number of halogens is 1. The molecule has 1 heterocycles. The fraction of sp³-hybridized carbons (Fsp3) is 0.476. The number of rotatable bonds is 5. The Labute approximate surface area is 158 Å². The van der Waals surface area contributed by atoms with E-state index in [1.807, 2.05) is 6.92 Å². The number of carbonyl (C=O) groups excluding carboxylic acids is 1. The lowest BCUT2D eigenvalue weighted by molar-refractivity contribution is -0.154. The third-order valence-corrected chi connectivity index (χ3v) is 5.80. The number of ether oxygens (including phenoxy) is 1. The molecule has 4 heteroatoms. The van der Waals surface area contributed by atoms with Gasteiger partial charge in [-0.15, -0.1) is 0 Å². The lowest BCUT2D eigenvalue weighted by atomic mass is 9.91. The van der Waals surface area contributed by atoms with Crippen LogP contribution in [0.4, 0.5) is 0 Å². The Morgan fingerprint density at radius 2 is 1.84 bits per heavy atom. The van der Waals surface area contributed by atoms with Crippen molar-refractivity contribution in [3.63, 3.8) is 0 Å². The van der Waals surface area contributed by atoms with Crippen LogP contribution in [0.3, 0.4) is 0 Å². The number of nitrogens with one attached hydrogen (secondary N) is 1. The first-order chi connectivity index (χ1) is 12.1. The van der Waals surface area contributed by atoms with Crippen molar-refractivity contribution in [1.82, 2.24) is 5.32 Å². The van der Waals surface area contributed by atoms with Gasteiger partial charge in [0.1, 0.15) is 0 Å². The molecule has 1 fully saturated rings. The number of hydrogen-bond acceptors (Lipinski definition) is 3. The van der Waals surface area contributed by atoms with Crippen LogP contribution >= 0.6 is 15.9 Å². The first-order valence-corrected chi connectivity index (χ1v) is 9.94. The SMILES string of the molecule is CC(CC(C)c1cccc2c(Br)cccc12)OC(=O)C1CCNCC1. The summed E-state index contributed by atoms with van der Waals surface area (Å²) < 4.78 is 6.86. The Balaban J connectivity index is 1.66. The van der Waals surface area contributed by atoms with Crippen molar-refractivity contribution in [3.8, 4) is 0 Å². The highest BCUT2D eigenvalue weighted by molar-refractivity contribution is 9.10. The first-order valence-electron chi connectivity index (χ1n) is 9.14. The van der Waals surface area contributed by atoms with E-state index in [4.69, 9.17) is 4.74 Å². The first kappa shape index (κ1) is 18.4. The molecule has 0 aromatic heterocycles. The van der Waals surface area contributed by atoms with E-state index in [1.54, 1.807) is 0 Å². The smallest absolute Gasteiger partial charge is 0.309 e. The Hall–Kier alpha value is -1.39. The van der Waals surface area contributed by atoms with Crippen LogP contribution in [0.15, 0.2) is 40.9 Å². The summed E-state index contributed by atoms with van der Waals surface area (Å²) in [6.07, 6.45) is 2.54. The van der Waals surface area contributed by atoms with E-state index in [9.17, 15) is 4.79 Å². The maximum Gasteiger partial charge on any atom is 0.309 e. The molecule has 0 radical (unpaired) electrons. The van der Waals surface area contributed by atoms with Crippen LogP contribution in [-0.4, -0.2) is 25.2 Å². The third-order valence-electron chi connectivity index (χ3n) is 5.11. The van der Waals surface area contributed by atoms with Crippen LogP contribution in [0.5, 0.6) is 0 Å². The molecule has 1 aliphatic rings. The second-order valence-electron chi connectivity index (χ2n) is 7.09. The van der Waals surface area contributed by atoms with E-state index < -0.39 is 0 Å². The molecule has 25 heavy (non-hydrogen) atoms. The summed E-state index contributed by atoms with van der Waals surface area (Å²) in [7, 11) is 0. The van der Waals surface area contributed by atoms with Crippen molar-refractivity contribution in [2.45, 2.75) is 45.1 Å². The second kappa shape index (κ2) is 8.33. The molecule has 1 N–H and O–H groups in total. The average molecular weight is 404 g/mol. The molecule has 0 aliphatic carbocycles. The molecule has 0 saturated carbocycles. The number of piperidine rings is 1. The van der Waals surface area contributed by atoms with E-state index in [-0.39, 0.29) is 18.0 Å². The summed E-state index contributed by atoms with van der Waals surface area (Å²) in [5, 5.41) is 5.78. The monoisotopic (exact) mass is 403 g/mol. The molecule has 134 valence electrons. The van der Waals surface area contributed by atoms with E-state index >= 15 is 0 Å². The number of esters is 1. The molecule has 3 nitrogen and oxygen atoms in total. The minimum absolute atomic E-state index is 0.0261. The standard InChI is InChI=1S/C21H26BrNO2/c1-14(13-15(2)25-21(24)16-9-11-23-12-10-16)17-5-3-7-19-18(17)6-4-8-20(19)22/h3-8,14-16,23H,9-13H2,1-2H3. The normalized spacial score (nSPS) is 18.0. The van der Waals surface area contributed by atoms with Gasteiger partial charge in [0.05, 0.1) is 12.0 Å². The van der Waals surface area contributed by atoms with Crippen molar-refractivity contribution in [2.75, 3.05) is 13.1 Å². The molecule has 0 amide bonds. The lowest BCUT2D eigenvalue weighted by Gasteiger charge is -2.24. The zero-order chi connectivity index (χ0) is 17.8. The molecular formula is C21H26BrNO2. The summed E-state index contributed by atoms with van der Waals surface area (Å²) >= 11 is 3.63. The molecule has 0 spiro atoms. The van der Waals surface area contributed by atoms with Gasteiger partial charge in [-0.2, -0.15) is 0 Å². The fourth-order valence-corrected chi connectivity index (χ4v) is 4.25. The van der Waals surface area contributed by atoms with Gasteiger partial charge in [-0.3, -0.25) is 4.79 Å². The largest absolute Gasteiger partial charge is 0.462 e. The minimum atomic E-state index is -0.0696. The highest BCUT2D eigenvalue weighted by Crippen LogP contribution is 2.32. The summed E-state index contributed by atoms with van der Waals surface area (Å²) in [5.41, 5.74) is 1.31. The predicted octanol–water partition coefficient (Wildman–Crippen LogP) is 5.03. The van der Waals surface area contributed by atoms with Gasteiger partial charge in [0.15, 0.2) is 0 Å². The Morgan fingerprint density at radius 3 is 2.60 bits per heavy atom. The molecular weight excluding hydrogens is 378 g/mol. The number of carbonyl (C=O) groups is 1. The maximum absolute atomic E-state index is 12.3. The van der Waals surface area contributed by atoms with Crippen molar-refractivity contribution in [3.05, 3.63) is 46.4 Å². The van der Waals surface area contributed by atoms with Crippen molar-refractivity contribution < 1.29 is 9.53 Å². The van der Waals surface area contributed by atoms with Gasteiger partial charge in [0.2, 0.25) is 0 Å². The second-order valence-corrected chi connectivity index (χ2v) is 7.95. The summed E-state index contributed by atoms with van der Waals surface area (Å²) in [6, 6.07) is 12.7. The van der Waals surface area contributed by atoms with Crippen molar-refractivity contribution in [2.24, 2.45) is 5.92 Å². The highest BCUT2D eigenvalue weighted by atomic mass is 79.9. The third kappa shape index (κ3) is 4.42. The van der Waals surface area contributed by atoms with E-state index in [0.29, 0.717) is 5.92 Å². The molecule has 0 bridgehead atoms. The van der Waals surface area contributed by atoms with Gasteiger partial charge in [-0.05, 0) is 67.6 Å². The van der Waals surface area contributed by atoms with Gasteiger partial charge in [0, 0.05) is 4.47 Å². The van der Waals surface area contributed by atoms with Gasteiger partial charge < -0.3 is 10.1 Å². The number of fused-ring (bicyclic) bond motifs is 1. The lowest BCUT2D eigenvalue weighted by Crippen LogP contribution is -2.34. The fourth-order valence-electron chi connectivity index (χ4n) is 3.75. The molecule has 2 atom stereocenters. The highest BCUT2D eigenvalue weighted by Gasteiger charge is 2.24. The van der Waals surface area contributed by atoms with E-state index in [2.05, 4.69) is 64.6 Å². The van der Waals surface area contributed by atoms with E-state index in [1.165, 1.54) is 16.3 Å². The molecule has 2 aromatic carbocycles. The molecule has 1 aliphatic heterocycles. The van der Waals surface area contributed by atoms with Crippen LogP contribution in [0, 0.1) is 5.92 Å². The van der Waals surface area contributed by atoms with Crippen LogP contribution in [0.2, 0.25) is 0 Å². The predicted molar refractivity (Wildman–Crippen MR) is 106 cm³/mol. The Kier molecular flexibility index (Phi) is 6.13. The molecule has 3 rings (SSSR count). The summed E-state index contributed by atoms with van der Waals surface area (Å²) in [6.45, 7) is 6.05. The van der Waals surface area contributed by atoms with Gasteiger partial charge in [-0.25, -0.2) is 0 Å². The van der Waals surface area contributed by atoms with Gasteiger partial charge in [0.25, 0.3) is 0 Å². The zero-order valence-corrected chi connectivity index (χ0v) is 16.5. The zero-order valence-electron chi connectivity index (χ0n) is 14.9. The molecule has 2 unspecified atom stereocenters. The van der Waals surface area contributed by atoms with Crippen LogP contribution in [-0.2, 0) is 9.53 Å². The molecule has 2 aromatic rings. The van der Waals surface area contributed by atoms with Crippen LogP contribution in [0.25, 0.3) is 10.8 Å². The Bertz CT molecular complexity index is 740. The van der Waals surface area contributed by atoms with Crippen molar-refractivity contribution >= 4 is 32.7 Å². The molecule has 1 saturated heterocycles. The van der Waals surface area contributed by atoms with Gasteiger partial charge >= 0.3 is 5.97 Å². The average Bonchev–Trinajstić information content (AvgIpc) is 2.62. The van der Waals surface area contributed by atoms with Crippen LogP contribution < -0.4 is 5.32 Å². The quantitative estimate of drug-likeness (QED) is 0.711. The number of hydrogen-bond donors (Lipinski definition) is 1. The summed E-state index contributed by atoms with van der Waals surface area (Å²) in [4.78, 5) is 12.3. The topological polar surface area (TPSA) is 38.3 Å². The van der Waals surface area contributed by atoms with Gasteiger partial charge in [-0.1, -0.05) is 53.2 Å². The minimum Gasteiger partial charge on any atom is -0.462 e. The maximum atomic E-state index is 12.3.